The molecule has 0 saturated heterocycles. The standard InChI is InChI=1S/C10H14ClIN2O/c1-3-7(4-2)5-14-6-13-9(11)8(12)10(14)15/h6-7H,3-5H2,1-2H3. The van der Waals surface area contributed by atoms with Gasteiger partial charge in [0.05, 0.1) is 6.33 Å². The van der Waals surface area contributed by atoms with E-state index in [1.807, 2.05) is 22.6 Å². The van der Waals surface area contributed by atoms with Crippen LogP contribution in [0, 0.1) is 9.49 Å². The Morgan fingerprint density at radius 1 is 1.53 bits per heavy atom. The highest BCUT2D eigenvalue weighted by Gasteiger charge is 2.10. The Hall–Kier alpha value is -0.100. The molecule has 0 fully saturated rings. The predicted octanol–water partition coefficient (Wildman–Crippen LogP) is 2.94. The molecule has 0 aliphatic heterocycles. The lowest BCUT2D eigenvalue weighted by atomic mass is 10.0. The summed E-state index contributed by atoms with van der Waals surface area (Å²) in [4.78, 5) is 15.8. The average molecular weight is 341 g/mol. The van der Waals surface area contributed by atoms with Crippen molar-refractivity contribution < 1.29 is 0 Å². The Bertz CT molecular complexity index is 387. The molecule has 0 aliphatic carbocycles. The number of halogens is 2. The maximum absolute atomic E-state index is 11.8. The first kappa shape index (κ1) is 13.0. The molecule has 84 valence electrons. The van der Waals surface area contributed by atoms with Gasteiger partial charge in [0.25, 0.3) is 5.56 Å². The largest absolute Gasteiger partial charge is 0.298 e. The highest BCUT2D eigenvalue weighted by atomic mass is 127. The Morgan fingerprint density at radius 2 is 2.13 bits per heavy atom. The van der Waals surface area contributed by atoms with E-state index in [-0.39, 0.29) is 5.56 Å². The molecule has 0 N–H and O–H groups in total. The zero-order valence-electron chi connectivity index (χ0n) is 8.83. The molecule has 0 saturated carbocycles. The van der Waals surface area contributed by atoms with Crippen LogP contribution in [0.1, 0.15) is 26.7 Å². The van der Waals surface area contributed by atoms with Crippen molar-refractivity contribution in [3.8, 4) is 0 Å². The third-order valence-electron chi connectivity index (χ3n) is 2.55. The maximum atomic E-state index is 11.8. The third-order valence-corrected chi connectivity index (χ3v) is 4.13. The minimum atomic E-state index is -0.0394. The van der Waals surface area contributed by atoms with Gasteiger partial charge in [0.2, 0.25) is 0 Å². The summed E-state index contributed by atoms with van der Waals surface area (Å²) in [5.74, 6) is 0.529. The van der Waals surface area contributed by atoms with Crippen molar-refractivity contribution in [2.75, 3.05) is 0 Å². The lowest BCUT2D eigenvalue weighted by Gasteiger charge is -2.13. The van der Waals surface area contributed by atoms with E-state index < -0.39 is 0 Å². The van der Waals surface area contributed by atoms with Crippen molar-refractivity contribution in [2.24, 2.45) is 5.92 Å². The summed E-state index contributed by atoms with van der Waals surface area (Å²) < 4.78 is 2.15. The molecule has 5 heteroatoms. The summed E-state index contributed by atoms with van der Waals surface area (Å²) in [5, 5.41) is 0.293. The molecule has 15 heavy (non-hydrogen) atoms. The van der Waals surface area contributed by atoms with Gasteiger partial charge < -0.3 is 0 Å². The van der Waals surface area contributed by atoms with Crippen LogP contribution < -0.4 is 5.56 Å². The van der Waals surface area contributed by atoms with Gasteiger partial charge in [0, 0.05) is 6.54 Å². The molecule has 3 nitrogen and oxygen atoms in total. The lowest BCUT2D eigenvalue weighted by Crippen LogP contribution is -2.26. The van der Waals surface area contributed by atoms with Crippen LogP contribution in [0.25, 0.3) is 0 Å². The molecule has 0 aliphatic rings. The fourth-order valence-electron chi connectivity index (χ4n) is 1.40. The fourth-order valence-corrected chi connectivity index (χ4v) is 1.97. The zero-order chi connectivity index (χ0) is 11.4. The first-order valence-corrected chi connectivity index (χ1v) is 6.46. The second kappa shape index (κ2) is 5.84. The van der Waals surface area contributed by atoms with E-state index in [0.717, 1.165) is 19.4 Å². The highest BCUT2D eigenvalue weighted by Crippen LogP contribution is 2.12. The van der Waals surface area contributed by atoms with Crippen LogP contribution in [0.15, 0.2) is 11.1 Å². The van der Waals surface area contributed by atoms with E-state index in [0.29, 0.717) is 14.6 Å². The van der Waals surface area contributed by atoms with E-state index in [9.17, 15) is 4.79 Å². The van der Waals surface area contributed by atoms with Crippen LogP contribution in [0.2, 0.25) is 5.15 Å². The van der Waals surface area contributed by atoms with E-state index in [4.69, 9.17) is 11.6 Å². The van der Waals surface area contributed by atoms with Crippen molar-refractivity contribution in [1.29, 1.82) is 0 Å². The molecule has 1 aromatic heterocycles. The second-order valence-electron chi connectivity index (χ2n) is 3.49. The van der Waals surface area contributed by atoms with Crippen molar-refractivity contribution in [3.63, 3.8) is 0 Å². The van der Waals surface area contributed by atoms with Crippen molar-refractivity contribution >= 4 is 34.2 Å². The molecular formula is C10H14ClIN2O. The number of rotatable bonds is 4. The number of hydrogen-bond acceptors (Lipinski definition) is 2. The molecule has 1 heterocycles. The van der Waals surface area contributed by atoms with E-state index >= 15 is 0 Å². The van der Waals surface area contributed by atoms with E-state index in [1.54, 1.807) is 4.57 Å². The SMILES string of the molecule is CCC(CC)Cn1cnc(Cl)c(I)c1=O. The highest BCUT2D eigenvalue weighted by molar-refractivity contribution is 14.1. The van der Waals surface area contributed by atoms with Gasteiger partial charge in [-0.15, -0.1) is 0 Å². The normalized spacial score (nSPS) is 11.0. The Kier molecular flexibility index (Phi) is 5.05. The molecule has 0 atom stereocenters. The molecule has 1 aromatic rings. The van der Waals surface area contributed by atoms with Crippen LogP contribution in [0.3, 0.4) is 0 Å². The molecule has 0 aromatic carbocycles. The summed E-state index contributed by atoms with van der Waals surface area (Å²) in [6.07, 6.45) is 3.68. The second-order valence-corrected chi connectivity index (χ2v) is 4.93. The fraction of sp³-hybridized carbons (Fsp3) is 0.600. The smallest absolute Gasteiger partial charge is 0.268 e. The van der Waals surface area contributed by atoms with Crippen LogP contribution in [-0.4, -0.2) is 9.55 Å². The van der Waals surface area contributed by atoms with Crippen molar-refractivity contribution in [2.45, 2.75) is 33.2 Å². The number of nitrogens with zero attached hydrogens (tertiary/aromatic N) is 2. The van der Waals surface area contributed by atoms with Gasteiger partial charge in [-0.05, 0) is 28.5 Å². The predicted molar refractivity (Wildman–Crippen MR) is 70.3 cm³/mol. The molecule has 0 radical (unpaired) electrons. The Balaban J connectivity index is 2.96. The van der Waals surface area contributed by atoms with Crippen molar-refractivity contribution in [1.82, 2.24) is 9.55 Å². The lowest BCUT2D eigenvalue weighted by molar-refractivity contribution is 0.408. The summed E-state index contributed by atoms with van der Waals surface area (Å²) in [7, 11) is 0. The molecule has 1 rings (SSSR count). The Labute approximate surface area is 108 Å². The summed E-state index contributed by atoms with van der Waals surface area (Å²) in [5.41, 5.74) is -0.0394. The minimum Gasteiger partial charge on any atom is -0.298 e. The van der Waals surface area contributed by atoms with Crippen LogP contribution in [0.4, 0.5) is 0 Å². The first-order chi connectivity index (χ1) is 7.10. The minimum absolute atomic E-state index is 0.0394. The molecule has 0 amide bonds. The van der Waals surface area contributed by atoms with Gasteiger partial charge in [-0.1, -0.05) is 38.3 Å². The van der Waals surface area contributed by atoms with E-state index in [1.165, 1.54) is 6.33 Å². The summed E-state index contributed by atoms with van der Waals surface area (Å²) in [6.45, 7) is 4.99. The van der Waals surface area contributed by atoms with Gasteiger partial charge in [-0.2, -0.15) is 0 Å². The van der Waals surface area contributed by atoms with Gasteiger partial charge in [0.15, 0.2) is 0 Å². The molecular weight excluding hydrogens is 326 g/mol. The van der Waals surface area contributed by atoms with Crippen LogP contribution in [0.5, 0.6) is 0 Å². The Morgan fingerprint density at radius 3 is 2.67 bits per heavy atom. The zero-order valence-corrected chi connectivity index (χ0v) is 11.7. The average Bonchev–Trinajstić information content (AvgIpc) is 2.25. The number of aromatic nitrogens is 2. The topological polar surface area (TPSA) is 34.9 Å². The van der Waals surface area contributed by atoms with Crippen molar-refractivity contribution in [3.05, 3.63) is 25.4 Å². The first-order valence-electron chi connectivity index (χ1n) is 5.00. The van der Waals surface area contributed by atoms with E-state index in [2.05, 4.69) is 18.8 Å². The van der Waals surface area contributed by atoms with Gasteiger partial charge >= 0.3 is 0 Å². The monoisotopic (exact) mass is 340 g/mol. The van der Waals surface area contributed by atoms with Crippen LogP contribution in [-0.2, 0) is 6.54 Å². The van der Waals surface area contributed by atoms with Crippen LogP contribution >= 0.6 is 34.2 Å². The number of hydrogen-bond donors (Lipinski definition) is 0. The summed E-state index contributed by atoms with van der Waals surface area (Å²) in [6, 6.07) is 0. The van der Waals surface area contributed by atoms with Gasteiger partial charge in [-0.25, -0.2) is 4.98 Å². The maximum Gasteiger partial charge on any atom is 0.268 e. The summed E-state index contributed by atoms with van der Waals surface area (Å²) >= 11 is 7.70. The molecule has 0 spiro atoms. The quantitative estimate of drug-likeness (QED) is 0.624. The molecule has 0 unspecified atom stereocenters. The van der Waals surface area contributed by atoms with Gasteiger partial charge in [-0.3, -0.25) is 9.36 Å². The van der Waals surface area contributed by atoms with Gasteiger partial charge in [0.1, 0.15) is 8.72 Å². The third kappa shape index (κ3) is 3.17. The molecule has 0 bridgehead atoms.